The van der Waals surface area contributed by atoms with Crippen molar-refractivity contribution in [2.45, 2.75) is 13.8 Å². The van der Waals surface area contributed by atoms with Gasteiger partial charge in [-0.15, -0.1) is 0 Å². The number of rotatable bonds is 4. The van der Waals surface area contributed by atoms with Crippen molar-refractivity contribution in [1.82, 2.24) is 0 Å². The van der Waals surface area contributed by atoms with Crippen LogP contribution in [0.1, 0.15) is 13.8 Å². The van der Waals surface area contributed by atoms with Crippen LogP contribution in [0, 0.1) is 10.1 Å². The van der Waals surface area contributed by atoms with E-state index in [9.17, 15) is 10.1 Å². The molecule has 6 heteroatoms. The van der Waals surface area contributed by atoms with Crippen molar-refractivity contribution in [2.24, 2.45) is 0 Å². The Balaban J connectivity index is 3.00. The zero-order valence-electron chi connectivity index (χ0n) is 9.46. The van der Waals surface area contributed by atoms with Gasteiger partial charge in [-0.2, -0.15) is 0 Å². The van der Waals surface area contributed by atoms with E-state index in [-0.39, 0.29) is 15.7 Å². The van der Waals surface area contributed by atoms with Crippen LogP contribution in [0.15, 0.2) is 23.8 Å². The summed E-state index contributed by atoms with van der Waals surface area (Å²) in [6.07, 6.45) is 1.92. The molecular weight excluding hydrogens is 263 g/mol. The average molecular weight is 275 g/mol. The van der Waals surface area contributed by atoms with Gasteiger partial charge < -0.3 is 5.32 Å². The summed E-state index contributed by atoms with van der Waals surface area (Å²) in [5.74, 6) is 0. The summed E-state index contributed by atoms with van der Waals surface area (Å²) in [6, 6.07) is 2.70. The zero-order valence-corrected chi connectivity index (χ0v) is 11.0. The second kappa shape index (κ2) is 5.89. The molecule has 0 radical (unpaired) electrons. The Kier molecular flexibility index (Phi) is 4.78. The molecular formula is C11H12Cl2N2O2. The molecule has 1 aromatic rings. The van der Waals surface area contributed by atoms with Crippen molar-refractivity contribution in [3.8, 4) is 0 Å². The lowest BCUT2D eigenvalue weighted by atomic mass is 10.2. The highest BCUT2D eigenvalue weighted by atomic mass is 35.5. The van der Waals surface area contributed by atoms with E-state index in [4.69, 9.17) is 23.2 Å². The van der Waals surface area contributed by atoms with Gasteiger partial charge in [-0.25, -0.2) is 0 Å². The number of nitro groups is 1. The Bertz CT molecular complexity index is 469. The molecule has 0 aliphatic heterocycles. The van der Waals surface area contributed by atoms with Crippen molar-refractivity contribution < 1.29 is 4.92 Å². The predicted octanol–water partition coefficient (Wildman–Crippen LogP) is 4.28. The van der Waals surface area contributed by atoms with E-state index in [1.807, 2.05) is 19.9 Å². The van der Waals surface area contributed by atoms with Gasteiger partial charge in [-0.1, -0.05) is 34.9 Å². The third kappa shape index (κ3) is 3.91. The first-order valence-electron chi connectivity index (χ1n) is 4.92. The molecule has 0 aromatic heterocycles. The summed E-state index contributed by atoms with van der Waals surface area (Å²) in [6.45, 7) is 4.40. The monoisotopic (exact) mass is 274 g/mol. The molecule has 0 aliphatic carbocycles. The summed E-state index contributed by atoms with van der Waals surface area (Å²) in [7, 11) is 0. The van der Waals surface area contributed by atoms with Gasteiger partial charge in [-0.3, -0.25) is 10.1 Å². The number of nitro benzene ring substituents is 1. The van der Waals surface area contributed by atoms with E-state index in [0.29, 0.717) is 12.2 Å². The SMILES string of the molecule is CC(C)=CCNc1cc(Cl)c(Cl)cc1[N+](=O)[O-]. The van der Waals surface area contributed by atoms with E-state index in [0.717, 1.165) is 5.57 Å². The number of halogens is 2. The van der Waals surface area contributed by atoms with Crippen molar-refractivity contribution in [3.63, 3.8) is 0 Å². The van der Waals surface area contributed by atoms with Crippen LogP contribution in [-0.2, 0) is 0 Å². The summed E-state index contributed by atoms with van der Waals surface area (Å²) in [5, 5.41) is 14.2. The molecule has 0 bridgehead atoms. The van der Waals surface area contributed by atoms with Crippen molar-refractivity contribution in [3.05, 3.63) is 43.9 Å². The molecule has 1 N–H and O–H groups in total. The average Bonchev–Trinajstić information content (AvgIpc) is 2.22. The zero-order chi connectivity index (χ0) is 13.0. The summed E-state index contributed by atoms with van der Waals surface area (Å²) in [5.41, 5.74) is 1.41. The lowest BCUT2D eigenvalue weighted by Crippen LogP contribution is -2.02. The molecule has 0 aliphatic rings. The van der Waals surface area contributed by atoms with Crippen LogP contribution >= 0.6 is 23.2 Å². The Morgan fingerprint density at radius 3 is 2.53 bits per heavy atom. The molecule has 0 amide bonds. The third-order valence-corrected chi connectivity index (χ3v) is 2.76. The van der Waals surface area contributed by atoms with Crippen LogP contribution in [0.2, 0.25) is 10.0 Å². The molecule has 4 nitrogen and oxygen atoms in total. The number of anilines is 1. The molecule has 1 rings (SSSR count). The standard InChI is InChI=1S/C11H12Cl2N2O2/c1-7(2)3-4-14-10-5-8(12)9(13)6-11(10)15(16)17/h3,5-6,14H,4H2,1-2H3. The topological polar surface area (TPSA) is 55.2 Å². The molecule has 0 saturated carbocycles. The van der Waals surface area contributed by atoms with Gasteiger partial charge in [0.2, 0.25) is 0 Å². The second-order valence-electron chi connectivity index (χ2n) is 3.70. The quantitative estimate of drug-likeness (QED) is 0.507. The lowest BCUT2D eigenvalue weighted by Gasteiger charge is -2.06. The number of nitrogens with one attached hydrogen (secondary N) is 1. The van der Waals surface area contributed by atoms with Crippen LogP contribution in [0.4, 0.5) is 11.4 Å². The summed E-state index contributed by atoms with van der Waals surface area (Å²) in [4.78, 5) is 10.3. The molecule has 0 fully saturated rings. The Labute approximate surface area is 109 Å². The maximum Gasteiger partial charge on any atom is 0.293 e. The minimum Gasteiger partial charge on any atom is -0.376 e. The highest BCUT2D eigenvalue weighted by molar-refractivity contribution is 6.42. The Morgan fingerprint density at radius 1 is 1.41 bits per heavy atom. The molecule has 92 valence electrons. The molecule has 1 aromatic carbocycles. The van der Waals surface area contributed by atoms with Gasteiger partial charge in [-0.05, 0) is 19.9 Å². The lowest BCUT2D eigenvalue weighted by molar-refractivity contribution is -0.383. The van der Waals surface area contributed by atoms with Crippen LogP contribution in [-0.4, -0.2) is 11.5 Å². The van der Waals surface area contributed by atoms with Crippen LogP contribution in [0.5, 0.6) is 0 Å². The van der Waals surface area contributed by atoms with Gasteiger partial charge in [0.25, 0.3) is 5.69 Å². The van der Waals surface area contributed by atoms with Gasteiger partial charge in [0.1, 0.15) is 5.69 Å². The minimum absolute atomic E-state index is 0.0819. The number of hydrogen-bond acceptors (Lipinski definition) is 3. The Hall–Kier alpha value is -1.26. The van der Waals surface area contributed by atoms with E-state index >= 15 is 0 Å². The van der Waals surface area contributed by atoms with Crippen molar-refractivity contribution in [2.75, 3.05) is 11.9 Å². The van der Waals surface area contributed by atoms with Gasteiger partial charge in [0, 0.05) is 12.6 Å². The van der Waals surface area contributed by atoms with E-state index in [2.05, 4.69) is 5.32 Å². The van der Waals surface area contributed by atoms with Crippen molar-refractivity contribution >= 4 is 34.6 Å². The molecule has 0 atom stereocenters. The normalized spacial score (nSPS) is 9.88. The second-order valence-corrected chi connectivity index (χ2v) is 4.52. The number of hydrogen-bond donors (Lipinski definition) is 1. The van der Waals surface area contributed by atoms with Crippen LogP contribution < -0.4 is 5.32 Å². The maximum absolute atomic E-state index is 10.8. The largest absolute Gasteiger partial charge is 0.376 e. The number of allylic oxidation sites excluding steroid dienone is 1. The molecule has 17 heavy (non-hydrogen) atoms. The fraction of sp³-hybridized carbons (Fsp3) is 0.273. The highest BCUT2D eigenvalue weighted by Gasteiger charge is 2.16. The fourth-order valence-electron chi connectivity index (χ4n) is 1.19. The molecule has 0 saturated heterocycles. The van der Waals surface area contributed by atoms with Gasteiger partial charge >= 0.3 is 0 Å². The number of benzene rings is 1. The smallest absolute Gasteiger partial charge is 0.293 e. The molecule has 0 unspecified atom stereocenters. The molecule has 0 spiro atoms. The predicted molar refractivity (Wildman–Crippen MR) is 71.0 cm³/mol. The van der Waals surface area contributed by atoms with E-state index < -0.39 is 4.92 Å². The summed E-state index contributed by atoms with van der Waals surface area (Å²) < 4.78 is 0. The number of nitrogens with zero attached hydrogens (tertiary/aromatic N) is 1. The third-order valence-electron chi connectivity index (χ3n) is 2.04. The maximum atomic E-state index is 10.8. The first-order valence-corrected chi connectivity index (χ1v) is 5.68. The van der Waals surface area contributed by atoms with Crippen molar-refractivity contribution in [1.29, 1.82) is 0 Å². The van der Waals surface area contributed by atoms with Gasteiger partial charge in [0.05, 0.1) is 15.0 Å². The van der Waals surface area contributed by atoms with Gasteiger partial charge in [0.15, 0.2) is 0 Å². The Morgan fingerprint density at radius 2 is 2.00 bits per heavy atom. The van der Waals surface area contributed by atoms with E-state index in [1.54, 1.807) is 0 Å². The van der Waals surface area contributed by atoms with E-state index in [1.165, 1.54) is 12.1 Å². The minimum atomic E-state index is -0.493. The first-order chi connectivity index (χ1) is 7.91. The first kappa shape index (κ1) is 13.8. The van der Waals surface area contributed by atoms with Crippen LogP contribution in [0.3, 0.4) is 0 Å². The molecule has 0 heterocycles. The summed E-state index contributed by atoms with van der Waals surface area (Å²) >= 11 is 11.6. The highest BCUT2D eigenvalue weighted by Crippen LogP contribution is 2.33. The fourth-order valence-corrected chi connectivity index (χ4v) is 1.52. The van der Waals surface area contributed by atoms with Crippen LogP contribution in [0.25, 0.3) is 0 Å².